The van der Waals surface area contributed by atoms with E-state index < -0.39 is 0 Å². The molecule has 1 fully saturated rings. The number of nitrogens with one attached hydrogen (secondary N) is 2. The molecule has 1 aromatic heterocycles. The van der Waals surface area contributed by atoms with Crippen molar-refractivity contribution in [3.63, 3.8) is 0 Å². The molecule has 0 saturated heterocycles. The lowest BCUT2D eigenvalue weighted by molar-refractivity contribution is -0.118. The minimum atomic E-state index is 0. The zero-order valence-corrected chi connectivity index (χ0v) is 14.6. The van der Waals surface area contributed by atoms with Crippen molar-refractivity contribution in [1.29, 1.82) is 0 Å². The number of rotatable bonds is 7. The average Bonchev–Trinajstić information content (AvgIpc) is 2.79. The molecule has 1 aromatic rings. The van der Waals surface area contributed by atoms with E-state index >= 15 is 0 Å². The summed E-state index contributed by atoms with van der Waals surface area (Å²) < 4.78 is 0. The fourth-order valence-electron chi connectivity index (χ4n) is 2.60. The number of hydrogen-bond acceptors (Lipinski definition) is 4. The van der Waals surface area contributed by atoms with E-state index in [2.05, 4.69) is 15.6 Å². The van der Waals surface area contributed by atoms with E-state index in [1.165, 1.54) is 38.5 Å². The van der Waals surface area contributed by atoms with Crippen LogP contribution in [-0.4, -0.2) is 35.8 Å². The molecule has 4 nitrogen and oxygen atoms in total. The molecular formula is C16H26ClN3OS. The minimum Gasteiger partial charge on any atom is -0.354 e. The van der Waals surface area contributed by atoms with E-state index in [1.54, 1.807) is 24.2 Å². The highest BCUT2D eigenvalue weighted by molar-refractivity contribution is 8.00. The van der Waals surface area contributed by atoms with Crippen LogP contribution in [0.1, 0.15) is 38.5 Å². The number of carbonyl (C=O) groups is 1. The van der Waals surface area contributed by atoms with Gasteiger partial charge in [0.15, 0.2) is 0 Å². The third-order valence-corrected chi connectivity index (χ3v) is 4.77. The Kier molecular flexibility index (Phi) is 10.3. The quantitative estimate of drug-likeness (QED) is 0.454. The summed E-state index contributed by atoms with van der Waals surface area (Å²) in [4.78, 5) is 16.8. The van der Waals surface area contributed by atoms with Crippen LogP contribution in [0.5, 0.6) is 0 Å². The second kappa shape index (κ2) is 11.7. The van der Waals surface area contributed by atoms with Crippen molar-refractivity contribution in [2.45, 2.75) is 49.5 Å². The van der Waals surface area contributed by atoms with Gasteiger partial charge in [-0.2, -0.15) is 0 Å². The molecule has 1 amide bonds. The lowest BCUT2D eigenvalue weighted by atomic mass is 10.1. The third-order valence-electron chi connectivity index (χ3n) is 3.76. The fourth-order valence-corrected chi connectivity index (χ4v) is 3.31. The van der Waals surface area contributed by atoms with Crippen molar-refractivity contribution >= 4 is 30.1 Å². The van der Waals surface area contributed by atoms with Gasteiger partial charge in [-0.25, -0.2) is 0 Å². The van der Waals surface area contributed by atoms with Gasteiger partial charge in [-0.1, -0.05) is 25.7 Å². The number of halogens is 1. The van der Waals surface area contributed by atoms with Crippen LogP contribution in [0.25, 0.3) is 0 Å². The average molecular weight is 344 g/mol. The number of carbonyl (C=O) groups excluding carboxylic acids is 1. The second-order valence-corrected chi connectivity index (χ2v) is 6.51. The largest absolute Gasteiger partial charge is 0.354 e. The first-order valence-corrected chi connectivity index (χ1v) is 8.86. The Balaban J connectivity index is 0.00000242. The van der Waals surface area contributed by atoms with Crippen LogP contribution in [0.15, 0.2) is 29.4 Å². The van der Waals surface area contributed by atoms with E-state index in [-0.39, 0.29) is 18.3 Å². The van der Waals surface area contributed by atoms with E-state index in [1.807, 2.05) is 12.1 Å². The van der Waals surface area contributed by atoms with Gasteiger partial charge in [0.25, 0.3) is 0 Å². The Bertz CT molecular complexity index is 411. The van der Waals surface area contributed by atoms with Gasteiger partial charge >= 0.3 is 0 Å². The van der Waals surface area contributed by atoms with Gasteiger partial charge in [0.05, 0.1) is 5.75 Å². The first-order chi connectivity index (χ1) is 10.3. The summed E-state index contributed by atoms with van der Waals surface area (Å²) in [6, 6.07) is 4.49. The Morgan fingerprint density at radius 1 is 1.14 bits per heavy atom. The molecule has 0 aliphatic heterocycles. The lowest BCUT2D eigenvalue weighted by Crippen LogP contribution is -2.37. The van der Waals surface area contributed by atoms with Gasteiger partial charge in [0, 0.05) is 36.4 Å². The van der Waals surface area contributed by atoms with Crippen molar-refractivity contribution in [2.24, 2.45) is 0 Å². The molecule has 0 unspecified atom stereocenters. The van der Waals surface area contributed by atoms with Crippen LogP contribution >= 0.6 is 24.2 Å². The van der Waals surface area contributed by atoms with E-state index in [0.29, 0.717) is 18.3 Å². The van der Waals surface area contributed by atoms with Crippen molar-refractivity contribution < 1.29 is 4.79 Å². The third kappa shape index (κ3) is 8.01. The summed E-state index contributed by atoms with van der Waals surface area (Å²) in [5.74, 6) is 0.562. The van der Waals surface area contributed by atoms with Gasteiger partial charge in [-0.3, -0.25) is 9.78 Å². The van der Waals surface area contributed by atoms with Crippen molar-refractivity contribution in [1.82, 2.24) is 15.6 Å². The van der Waals surface area contributed by atoms with Crippen LogP contribution in [0.3, 0.4) is 0 Å². The molecule has 0 aromatic carbocycles. The molecule has 2 N–H and O–H groups in total. The molecule has 1 saturated carbocycles. The highest BCUT2D eigenvalue weighted by Gasteiger charge is 2.11. The molecule has 22 heavy (non-hydrogen) atoms. The molecule has 1 aliphatic rings. The summed E-state index contributed by atoms with van der Waals surface area (Å²) in [5.41, 5.74) is 0. The molecular weight excluding hydrogens is 318 g/mol. The van der Waals surface area contributed by atoms with Crippen LogP contribution in [0.2, 0.25) is 0 Å². The van der Waals surface area contributed by atoms with Gasteiger partial charge in [0.1, 0.15) is 0 Å². The summed E-state index contributed by atoms with van der Waals surface area (Å²) in [7, 11) is 0. The van der Waals surface area contributed by atoms with Crippen LogP contribution in [0, 0.1) is 0 Å². The topological polar surface area (TPSA) is 54.0 Å². The number of hydrogen-bond donors (Lipinski definition) is 2. The smallest absolute Gasteiger partial charge is 0.230 e. The standard InChI is InChI=1S/C16H25N3OS.ClH/c20-16(13-21-15-7-9-17-10-8-15)19-12-11-18-14-5-3-1-2-4-6-14;/h7-10,14,18H,1-6,11-13H2,(H,19,20);1H. The summed E-state index contributed by atoms with van der Waals surface area (Å²) in [6.45, 7) is 1.59. The van der Waals surface area contributed by atoms with Gasteiger partial charge < -0.3 is 10.6 Å². The molecule has 0 bridgehead atoms. The van der Waals surface area contributed by atoms with Gasteiger partial charge in [0.2, 0.25) is 5.91 Å². The maximum Gasteiger partial charge on any atom is 0.230 e. The zero-order valence-electron chi connectivity index (χ0n) is 12.9. The Labute approximate surface area is 143 Å². The molecule has 2 rings (SSSR count). The maximum atomic E-state index is 11.7. The number of thioether (sulfide) groups is 1. The molecule has 1 heterocycles. The first kappa shape index (κ1) is 19.3. The minimum absolute atomic E-state index is 0. The van der Waals surface area contributed by atoms with Gasteiger partial charge in [-0.05, 0) is 25.0 Å². The van der Waals surface area contributed by atoms with E-state index in [4.69, 9.17) is 0 Å². The fraction of sp³-hybridized carbons (Fsp3) is 0.625. The number of nitrogens with zero attached hydrogens (tertiary/aromatic N) is 1. The number of amides is 1. The van der Waals surface area contributed by atoms with Crippen molar-refractivity contribution in [3.05, 3.63) is 24.5 Å². The molecule has 0 radical (unpaired) electrons. The molecule has 124 valence electrons. The highest BCUT2D eigenvalue weighted by Crippen LogP contribution is 2.17. The summed E-state index contributed by atoms with van der Waals surface area (Å²) in [6.07, 6.45) is 11.5. The Hall–Kier alpha value is -0.780. The van der Waals surface area contributed by atoms with Crippen molar-refractivity contribution in [2.75, 3.05) is 18.8 Å². The molecule has 0 spiro atoms. The normalized spacial score (nSPS) is 15.6. The van der Waals surface area contributed by atoms with E-state index in [9.17, 15) is 4.79 Å². The predicted octanol–water partition coefficient (Wildman–Crippen LogP) is 3.02. The highest BCUT2D eigenvalue weighted by atomic mass is 35.5. The lowest BCUT2D eigenvalue weighted by Gasteiger charge is -2.16. The molecule has 0 atom stereocenters. The predicted molar refractivity (Wildman–Crippen MR) is 94.7 cm³/mol. The first-order valence-electron chi connectivity index (χ1n) is 7.87. The Morgan fingerprint density at radius 3 is 2.50 bits per heavy atom. The second-order valence-electron chi connectivity index (χ2n) is 5.46. The zero-order chi connectivity index (χ0) is 14.8. The summed E-state index contributed by atoms with van der Waals surface area (Å²) in [5, 5.41) is 6.53. The molecule has 6 heteroatoms. The van der Waals surface area contributed by atoms with Crippen LogP contribution < -0.4 is 10.6 Å². The van der Waals surface area contributed by atoms with Crippen LogP contribution in [0.4, 0.5) is 0 Å². The van der Waals surface area contributed by atoms with Gasteiger partial charge in [-0.15, -0.1) is 24.2 Å². The monoisotopic (exact) mass is 343 g/mol. The maximum absolute atomic E-state index is 11.7. The van der Waals surface area contributed by atoms with E-state index in [0.717, 1.165) is 11.4 Å². The SMILES string of the molecule is Cl.O=C(CSc1ccncc1)NCCNC1CCCCCC1. The van der Waals surface area contributed by atoms with Crippen LogP contribution in [-0.2, 0) is 4.79 Å². The number of aromatic nitrogens is 1. The molecule has 1 aliphatic carbocycles. The summed E-state index contributed by atoms with van der Waals surface area (Å²) >= 11 is 1.54. The number of pyridine rings is 1. The Morgan fingerprint density at radius 2 is 1.82 bits per heavy atom. The van der Waals surface area contributed by atoms with Crippen molar-refractivity contribution in [3.8, 4) is 0 Å².